The molecule has 4 N–H and O–H groups in total. The van der Waals surface area contributed by atoms with Gasteiger partial charge in [-0.1, -0.05) is 32.0 Å². The summed E-state index contributed by atoms with van der Waals surface area (Å²) in [7, 11) is -0.327. The van der Waals surface area contributed by atoms with Crippen molar-refractivity contribution < 1.29 is 27.5 Å². The topological polar surface area (TPSA) is 140 Å². The number of aryl methyl sites for hydroxylation is 1. The number of aromatic nitrogens is 1. The number of alkyl carbamates (subject to hydrolysis) is 1. The van der Waals surface area contributed by atoms with E-state index >= 15 is 0 Å². The molecule has 230 valence electrons. The number of rotatable bonds is 12. The van der Waals surface area contributed by atoms with E-state index in [0.717, 1.165) is 28.3 Å². The van der Waals surface area contributed by atoms with E-state index in [1.807, 2.05) is 62.7 Å². The first-order valence-electron chi connectivity index (χ1n) is 13.8. The van der Waals surface area contributed by atoms with Crippen LogP contribution < -0.4 is 25.4 Å². The normalized spacial score (nSPS) is 11.9. The summed E-state index contributed by atoms with van der Waals surface area (Å²) in [6, 6.07) is 11.2. The zero-order valence-electron chi connectivity index (χ0n) is 25.7. The summed E-state index contributed by atoms with van der Waals surface area (Å²) in [5, 5.41) is 9.88. The minimum absolute atomic E-state index is 0.227. The van der Waals surface area contributed by atoms with Crippen LogP contribution in [0.1, 0.15) is 56.2 Å². The molecule has 2 amide bonds. The molecule has 1 aromatic heterocycles. The third kappa shape index (κ3) is 9.12. The summed E-state index contributed by atoms with van der Waals surface area (Å²) < 4.78 is 39.2. The average Bonchev–Trinajstić information content (AvgIpc) is 3.18. The molecule has 0 aliphatic carbocycles. The number of benzene rings is 2. The predicted octanol–water partition coefficient (Wildman–Crippen LogP) is 4.62. The molecule has 0 saturated carbocycles. The fourth-order valence-electron chi connectivity index (χ4n) is 4.70. The molecule has 0 fully saturated rings. The number of carbonyl (C=O) groups is 2. The average molecular weight is 602 g/mol. The lowest BCUT2D eigenvalue weighted by molar-refractivity contribution is 0.0528. The number of hydrogen-bond donors (Lipinski definition) is 4. The van der Waals surface area contributed by atoms with E-state index in [1.165, 1.54) is 7.11 Å². The van der Waals surface area contributed by atoms with Crippen LogP contribution >= 0.6 is 0 Å². The van der Waals surface area contributed by atoms with Gasteiger partial charge in [-0.2, -0.15) is 0 Å². The molecule has 11 nitrogen and oxygen atoms in total. The molecule has 1 heterocycles. The van der Waals surface area contributed by atoms with Crippen LogP contribution in [0.2, 0.25) is 0 Å². The Morgan fingerprint density at radius 2 is 1.74 bits per heavy atom. The van der Waals surface area contributed by atoms with Gasteiger partial charge in [0.25, 0.3) is 5.91 Å². The summed E-state index contributed by atoms with van der Waals surface area (Å²) in [4.78, 5) is 25.4. The smallest absolute Gasteiger partial charge is 0.407 e. The molecule has 3 rings (SSSR count). The highest BCUT2D eigenvalue weighted by molar-refractivity contribution is 7.92. The fraction of sp³-hybridized carbons (Fsp3) is 0.467. The Balaban J connectivity index is 1.81. The third-order valence-corrected chi connectivity index (χ3v) is 6.79. The van der Waals surface area contributed by atoms with Crippen LogP contribution in [0.3, 0.4) is 0 Å². The highest BCUT2D eigenvalue weighted by atomic mass is 32.2. The highest BCUT2D eigenvalue weighted by Crippen LogP contribution is 2.37. The molecule has 0 aliphatic heterocycles. The highest BCUT2D eigenvalue weighted by Gasteiger charge is 2.21. The fourth-order valence-corrected chi connectivity index (χ4v) is 5.26. The minimum atomic E-state index is -3.58. The van der Waals surface area contributed by atoms with E-state index in [2.05, 4.69) is 34.5 Å². The van der Waals surface area contributed by atoms with E-state index in [4.69, 9.17) is 9.47 Å². The Kier molecular flexibility index (Phi) is 10.5. The summed E-state index contributed by atoms with van der Waals surface area (Å²) in [6.07, 6.45) is 1.29. The number of para-hydroxylation sites is 1. The number of nitrogens with zero attached hydrogens (tertiary/aromatic N) is 1. The number of amides is 2. The quantitative estimate of drug-likeness (QED) is 0.222. The number of fused-ring (bicyclic) bond motifs is 1. The lowest BCUT2D eigenvalue weighted by atomic mass is 10.0. The van der Waals surface area contributed by atoms with Gasteiger partial charge in [-0.05, 0) is 62.4 Å². The van der Waals surface area contributed by atoms with Crippen molar-refractivity contribution in [3.63, 3.8) is 0 Å². The van der Waals surface area contributed by atoms with Crippen LogP contribution in [0, 0.1) is 5.92 Å². The lowest BCUT2D eigenvalue weighted by Crippen LogP contribution is -2.36. The Bertz CT molecular complexity index is 1540. The van der Waals surface area contributed by atoms with Gasteiger partial charge >= 0.3 is 6.09 Å². The largest absolute Gasteiger partial charge is 0.492 e. The van der Waals surface area contributed by atoms with E-state index in [0.29, 0.717) is 43.4 Å². The van der Waals surface area contributed by atoms with Crippen molar-refractivity contribution >= 4 is 44.3 Å². The van der Waals surface area contributed by atoms with Crippen molar-refractivity contribution in [2.75, 3.05) is 36.5 Å². The summed E-state index contributed by atoms with van der Waals surface area (Å²) >= 11 is 0. The first-order chi connectivity index (χ1) is 19.6. The minimum Gasteiger partial charge on any atom is -0.492 e. The maximum absolute atomic E-state index is 13.6. The van der Waals surface area contributed by atoms with Crippen molar-refractivity contribution in [2.24, 2.45) is 13.0 Å². The second kappa shape index (κ2) is 13.5. The van der Waals surface area contributed by atoms with Crippen LogP contribution in [0.25, 0.3) is 10.9 Å². The van der Waals surface area contributed by atoms with Crippen molar-refractivity contribution in [2.45, 2.75) is 53.2 Å². The second-order valence-corrected chi connectivity index (χ2v) is 13.4. The van der Waals surface area contributed by atoms with Gasteiger partial charge in [0.05, 0.1) is 30.3 Å². The van der Waals surface area contributed by atoms with E-state index in [-0.39, 0.29) is 17.3 Å². The van der Waals surface area contributed by atoms with Gasteiger partial charge in [0.1, 0.15) is 11.3 Å². The van der Waals surface area contributed by atoms with E-state index in [9.17, 15) is 18.0 Å². The molecule has 42 heavy (non-hydrogen) atoms. The summed E-state index contributed by atoms with van der Waals surface area (Å²) in [5.41, 5.74) is 3.26. The van der Waals surface area contributed by atoms with Gasteiger partial charge < -0.3 is 30.0 Å². The van der Waals surface area contributed by atoms with Gasteiger partial charge in [-0.25, -0.2) is 13.2 Å². The molecule has 12 heteroatoms. The standard InChI is InChI=1S/C30H43N5O6S/c1-19(2)14-20-15-23(27(40-7)24(16-20)34-42(8,38)39)33-28(36)25-17-21-10-9-11-22(26(21)35(25)6)18-31-12-13-32-29(37)41-30(3,4)5/h9-11,15-17,19,31,34H,12-14,18H2,1-8H3,(H,32,37)(H,33,36). The second-order valence-electron chi connectivity index (χ2n) is 11.7. The van der Waals surface area contributed by atoms with Crippen molar-refractivity contribution in [3.05, 3.63) is 53.2 Å². The number of carbonyl (C=O) groups excluding carboxylic acids is 2. The molecule has 0 spiro atoms. The Labute approximate surface area is 248 Å². The SMILES string of the molecule is COc1c(NC(=O)c2cc3cccc(CNCCNC(=O)OC(C)(C)C)c3n2C)cc(CC(C)C)cc1NS(C)(=O)=O. The number of methoxy groups -OCH3 is 1. The molecule has 0 aliphatic rings. The summed E-state index contributed by atoms with van der Waals surface area (Å²) in [5.74, 6) is 0.177. The van der Waals surface area contributed by atoms with Gasteiger partial charge in [-0.3, -0.25) is 9.52 Å². The van der Waals surface area contributed by atoms with Crippen LogP contribution in [0.15, 0.2) is 36.4 Å². The lowest BCUT2D eigenvalue weighted by Gasteiger charge is -2.19. The third-order valence-electron chi connectivity index (χ3n) is 6.20. The molecule has 0 radical (unpaired) electrons. The van der Waals surface area contributed by atoms with Crippen LogP contribution in [0.4, 0.5) is 16.2 Å². The molecule has 2 aromatic carbocycles. The van der Waals surface area contributed by atoms with E-state index in [1.54, 1.807) is 6.07 Å². The maximum atomic E-state index is 13.6. The first-order valence-corrected chi connectivity index (χ1v) is 15.7. The zero-order valence-corrected chi connectivity index (χ0v) is 26.5. The molecule has 0 unspecified atom stereocenters. The van der Waals surface area contributed by atoms with Crippen molar-refractivity contribution in [1.29, 1.82) is 0 Å². The Morgan fingerprint density at radius 1 is 1.05 bits per heavy atom. The molecule has 0 bridgehead atoms. The van der Waals surface area contributed by atoms with Crippen LogP contribution in [0.5, 0.6) is 5.75 Å². The number of sulfonamides is 1. The molecular formula is C30H43N5O6S. The Hall–Kier alpha value is -3.77. The number of anilines is 2. The maximum Gasteiger partial charge on any atom is 0.407 e. The van der Waals surface area contributed by atoms with Crippen molar-refractivity contribution in [3.8, 4) is 5.75 Å². The molecule has 0 atom stereocenters. The number of nitrogens with one attached hydrogen (secondary N) is 4. The molecular weight excluding hydrogens is 558 g/mol. The zero-order chi connectivity index (χ0) is 31.2. The van der Waals surface area contributed by atoms with Gasteiger partial charge in [0.2, 0.25) is 10.0 Å². The Morgan fingerprint density at radius 3 is 2.36 bits per heavy atom. The van der Waals surface area contributed by atoms with Crippen molar-refractivity contribution in [1.82, 2.24) is 15.2 Å². The van der Waals surface area contributed by atoms with Gasteiger partial charge in [0.15, 0.2) is 5.75 Å². The predicted molar refractivity (Wildman–Crippen MR) is 167 cm³/mol. The van der Waals surface area contributed by atoms with Gasteiger partial charge in [0, 0.05) is 32.1 Å². The monoisotopic (exact) mass is 601 g/mol. The number of ether oxygens (including phenoxy) is 2. The van der Waals surface area contributed by atoms with Crippen LogP contribution in [-0.2, 0) is 34.8 Å². The molecule has 0 saturated heterocycles. The van der Waals surface area contributed by atoms with E-state index < -0.39 is 21.7 Å². The summed E-state index contributed by atoms with van der Waals surface area (Å²) in [6.45, 7) is 11.0. The first kappa shape index (κ1) is 32.7. The van der Waals surface area contributed by atoms with Crippen LogP contribution in [-0.4, -0.2) is 57.0 Å². The van der Waals surface area contributed by atoms with Gasteiger partial charge in [-0.15, -0.1) is 0 Å². The number of hydrogen-bond acceptors (Lipinski definition) is 7. The molecule has 3 aromatic rings.